The Labute approximate surface area is 127 Å². The Hall–Kier alpha value is -0.320. The summed E-state index contributed by atoms with van der Waals surface area (Å²) < 4.78 is 5.34. The molecule has 2 bridgehead atoms. The number of hydrogen-bond donors (Lipinski definition) is 2. The van der Waals surface area contributed by atoms with Crippen molar-refractivity contribution in [3.63, 3.8) is 0 Å². The summed E-state index contributed by atoms with van der Waals surface area (Å²) in [5, 5.41) is 3.14. The maximum absolute atomic E-state index is 12.3. The SMILES string of the molecule is Cl.NC1C2CCCC1CC(C(=O)NCC1CCOC1)C2. The second kappa shape index (κ2) is 7.10. The third-order valence-corrected chi connectivity index (χ3v) is 5.37. The lowest BCUT2D eigenvalue weighted by Crippen LogP contribution is -2.49. The molecule has 0 spiro atoms. The van der Waals surface area contributed by atoms with Crippen LogP contribution in [0.4, 0.5) is 0 Å². The van der Waals surface area contributed by atoms with Crippen molar-refractivity contribution in [2.45, 2.75) is 44.6 Å². The van der Waals surface area contributed by atoms with Crippen LogP contribution in [0.1, 0.15) is 38.5 Å². The van der Waals surface area contributed by atoms with Gasteiger partial charge in [0.1, 0.15) is 0 Å². The Morgan fingerprint density at radius 1 is 1.20 bits per heavy atom. The number of halogens is 1. The van der Waals surface area contributed by atoms with E-state index in [2.05, 4.69) is 5.32 Å². The van der Waals surface area contributed by atoms with Crippen molar-refractivity contribution in [2.24, 2.45) is 29.4 Å². The molecule has 0 radical (unpaired) electrons. The van der Waals surface area contributed by atoms with Gasteiger partial charge in [0, 0.05) is 31.0 Å². The lowest BCUT2D eigenvalue weighted by molar-refractivity contribution is -0.128. The van der Waals surface area contributed by atoms with Crippen LogP contribution >= 0.6 is 12.4 Å². The van der Waals surface area contributed by atoms with Gasteiger partial charge in [-0.2, -0.15) is 0 Å². The zero-order chi connectivity index (χ0) is 13.2. The Morgan fingerprint density at radius 3 is 2.50 bits per heavy atom. The van der Waals surface area contributed by atoms with Gasteiger partial charge >= 0.3 is 0 Å². The predicted molar refractivity (Wildman–Crippen MR) is 80.7 cm³/mol. The van der Waals surface area contributed by atoms with Crippen LogP contribution in [0.5, 0.6) is 0 Å². The van der Waals surface area contributed by atoms with Crippen molar-refractivity contribution in [1.29, 1.82) is 0 Å². The van der Waals surface area contributed by atoms with Gasteiger partial charge in [0.05, 0.1) is 6.61 Å². The molecule has 116 valence electrons. The third kappa shape index (κ3) is 3.46. The second-order valence-corrected chi connectivity index (χ2v) is 6.67. The monoisotopic (exact) mass is 302 g/mol. The van der Waals surface area contributed by atoms with Gasteiger partial charge in [-0.1, -0.05) is 6.42 Å². The number of nitrogens with two attached hydrogens (primary N) is 1. The van der Waals surface area contributed by atoms with E-state index in [1.165, 1.54) is 19.3 Å². The topological polar surface area (TPSA) is 64.4 Å². The van der Waals surface area contributed by atoms with E-state index in [-0.39, 0.29) is 24.2 Å². The maximum Gasteiger partial charge on any atom is 0.223 e. The molecule has 1 heterocycles. The lowest BCUT2D eigenvalue weighted by atomic mass is 9.65. The van der Waals surface area contributed by atoms with Gasteiger partial charge in [-0.15, -0.1) is 12.4 Å². The van der Waals surface area contributed by atoms with Crippen LogP contribution in [0, 0.1) is 23.7 Å². The molecule has 0 aromatic rings. The average molecular weight is 303 g/mol. The van der Waals surface area contributed by atoms with E-state index in [1.54, 1.807) is 0 Å². The zero-order valence-corrected chi connectivity index (χ0v) is 12.9. The fourth-order valence-corrected chi connectivity index (χ4v) is 4.14. The zero-order valence-electron chi connectivity index (χ0n) is 12.1. The molecule has 1 aliphatic heterocycles. The number of ether oxygens (including phenoxy) is 1. The molecule has 1 amide bonds. The molecule has 0 aromatic carbocycles. The molecule has 3 atom stereocenters. The van der Waals surface area contributed by atoms with Gasteiger partial charge in [0.25, 0.3) is 0 Å². The van der Waals surface area contributed by atoms with E-state index in [4.69, 9.17) is 10.5 Å². The van der Waals surface area contributed by atoms with Crippen molar-refractivity contribution < 1.29 is 9.53 Å². The van der Waals surface area contributed by atoms with Crippen molar-refractivity contribution in [1.82, 2.24) is 5.32 Å². The molecule has 3 unspecified atom stereocenters. The summed E-state index contributed by atoms with van der Waals surface area (Å²) in [6.07, 6.45) is 6.84. The van der Waals surface area contributed by atoms with Crippen LogP contribution in [0.15, 0.2) is 0 Å². The molecule has 3 aliphatic rings. The highest BCUT2D eigenvalue weighted by Crippen LogP contribution is 2.41. The van der Waals surface area contributed by atoms with Gasteiger partial charge in [-0.05, 0) is 43.9 Å². The summed E-state index contributed by atoms with van der Waals surface area (Å²) in [6.45, 7) is 2.45. The van der Waals surface area contributed by atoms with E-state index >= 15 is 0 Å². The van der Waals surface area contributed by atoms with Crippen LogP contribution in [0.3, 0.4) is 0 Å². The van der Waals surface area contributed by atoms with Crippen molar-refractivity contribution in [3.05, 3.63) is 0 Å². The summed E-state index contributed by atoms with van der Waals surface area (Å²) in [7, 11) is 0. The summed E-state index contributed by atoms with van der Waals surface area (Å²) >= 11 is 0. The Bertz CT molecular complexity index is 320. The van der Waals surface area contributed by atoms with Gasteiger partial charge in [0.2, 0.25) is 5.91 Å². The highest BCUT2D eigenvalue weighted by molar-refractivity contribution is 5.85. The summed E-state index contributed by atoms with van der Waals surface area (Å²) in [4.78, 5) is 12.3. The average Bonchev–Trinajstić information content (AvgIpc) is 2.88. The predicted octanol–water partition coefficient (Wildman–Crippen LogP) is 1.71. The molecule has 2 saturated carbocycles. The van der Waals surface area contributed by atoms with E-state index in [1.807, 2.05) is 0 Å². The molecular formula is C15H27ClN2O2. The Morgan fingerprint density at radius 2 is 1.90 bits per heavy atom. The van der Waals surface area contributed by atoms with E-state index in [0.717, 1.165) is 39.0 Å². The first-order valence-electron chi connectivity index (χ1n) is 7.85. The summed E-state index contributed by atoms with van der Waals surface area (Å²) in [5.74, 6) is 2.15. The van der Waals surface area contributed by atoms with Crippen LogP contribution < -0.4 is 11.1 Å². The van der Waals surface area contributed by atoms with Crippen LogP contribution in [0.25, 0.3) is 0 Å². The van der Waals surface area contributed by atoms with E-state index < -0.39 is 0 Å². The van der Waals surface area contributed by atoms with E-state index in [9.17, 15) is 4.79 Å². The van der Waals surface area contributed by atoms with Gasteiger partial charge in [-0.25, -0.2) is 0 Å². The first-order valence-corrected chi connectivity index (χ1v) is 7.85. The number of fused-ring (bicyclic) bond motifs is 2. The molecule has 1 saturated heterocycles. The normalized spacial score (nSPS) is 40.0. The molecule has 5 heteroatoms. The highest BCUT2D eigenvalue weighted by Gasteiger charge is 2.40. The van der Waals surface area contributed by atoms with Crippen molar-refractivity contribution in [3.8, 4) is 0 Å². The lowest BCUT2D eigenvalue weighted by Gasteiger charge is -2.43. The molecule has 4 nitrogen and oxygen atoms in total. The maximum atomic E-state index is 12.3. The quantitative estimate of drug-likeness (QED) is 0.834. The minimum atomic E-state index is 0. The molecule has 2 aliphatic carbocycles. The van der Waals surface area contributed by atoms with Crippen molar-refractivity contribution >= 4 is 18.3 Å². The summed E-state index contributed by atoms with van der Waals surface area (Å²) in [5.41, 5.74) is 6.27. The van der Waals surface area contributed by atoms with Crippen LogP contribution in [0.2, 0.25) is 0 Å². The number of carbonyl (C=O) groups excluding carboxylic acids is 1. The van der Waals surface area contributed by atoms with Crippen LogP contribution in [-0.2, 0) is 9.53 Å². The molecular weight excluding hydrogens is 276 g/mol. The van der Waals surface area contributed by atoms with Gasteiger partial charge < -0.3 is 15.8 Å². The number of rotatable bonds is 3. The fourth-order valence-electron chi connectivity index (χ4n) is 4.14. The Balaban J connectivity index is 0.00000147. The first kappa shape index (κ1) is 16.1. The standard InChI is InChI=1S/C15H26N2O2.ClH/c16-14-11-2-1-3-12(14)7-13(6-11)15(18)17-8-10-4-5-19-9-10;/h10-14H,1-9,16H2,(H,17,18);1H. The molecule has 3 fully saturated rings. The second-order valence-electron chi connectivity index (χ2n) is 6.67. The summed E-state index contributed by atoms with van der Waals surface area (Å²) in [6, 6.07) is 0.348. The minimum absolute atomic E-state index is 0. The fraction of sp³-hybridized carbons (Fsp3) is 0.933. The highest BCUT2D eigenvalue weighted by atomic mass is 35.5. The molecule has 0 aromatic heterocycles. The van der Waals surface area contributed by atoms with E-state index in [0.29, 0.717) is 23.8 Å². The minimum Gasteiger partial charge on any atom is -0.381 e. The Kier molecular flexibility index (Phi) is 5.70. The third-order valence-electron chi connectivity index (χ3n) is 5.37. The van der Waals surface area contributed by atoms with Gasteiger partial charge in [-0.3, -0.25) is 4.79 Å². The molecule has 3 N–H and O–H groups in total. The number of amides is 1. The molecule has 20 heavy (non-hydrogen) atoms. The van der Waals surface area contributed by atoms with Gasteiger partial charge in [0.15, 0.2) is 0 Å². The number of carbonyl (C=O) groups is 1. The van der Waals surface area contributed by atoms with Crippen LogP contribution in [-0.4, -0.2) is 31.7 Å². The van der Waals surface area contributed by atoms with Crippen molar-refractivity contribution in [2.75, 3.05) is 19.8 Å². The molecule has 3 rings (SSSR count). The largest absolute Gasteiger partial charge is 0.381 e. The number of nitrogens with one attached hydrogen (secondary N) is 1. The first-order chi connectivity index (χ1) is 9.24. The smallest absolute Gasteiger partial charge is 0.223 e. The number of hydrogen-bond acceptors (Lipinski definition) is 3.